The Morgan fingerprint density at radius 3 is 2.70 bits per heavy atom. The molecule has 0 radical (unpaired) electrons. The van der Waals surface area contributed by atoms with Crippen molar-refractivity contribution in [3.8, 4) is 11.8 Å². The lowest BCUT2D eigenvalue weighted by Gasteiger charge is -2.11. The molecule has 0 atom stereocenters. The summed E-state index contributed by atoms with van der Waals surface area (Å²) in [7, 11) is 1.36. The van der Waals surface area contributed by atoms with E-state index in [1.807, 2.05) is 13.8 Å². The van der Waals surface area contributed by atoms with Crippen LogP contribution < -0.4 is 14.8 Å². The van der Waals surface area contributed by atoms with E-state index in [0.717, 1.165) is 0 Å². The maximum Gasteiger partial charge on any atom is 0.422 e. The molecule has 0 saturated carbocycles. The van der Waals surface area contributed by atoms with Gasteiger partial charge in [-0.2, -0.15) is 23.3 Å². The van der Waals surface area contributed by atoms with Gasteiger partial charge in [0.05, 0.1) is 24.6 Å². The second kappa shape index (κ2) is 8.56. The fourth-order valence-electron chi connectivity index (χ4n) is 2.75. The first-order chi connectivity index (χ1) is 14.2. The molecule has 0 spiro atoms. The smallest absolute Gasteiger partial charge is 0.422 e. The van der Waals surface area contributed by atoms with Crippen LogP contribution in [0.2, 0.25) is 0 Å². The summed E-state index contributed by atoms with van der Waals surface area (Å²) in [5.74, 6) is -0.388. The van der Waals surface area contributed by atoms with Gasteiger partial charge in [-0.3, -0.25) is 14.5 Å². The standard InChI is InChI=1S/C19H20F3N5O3/c1-11(2)24-17(28)16-13-9-27(26-14(13)6-7-23-16)8-12-4-5-15(25-18(12)29-3)30-10-19(20,21)22/h4-7,9,11H,8,10H2,1-3H3,(H,24,28). The van der Waals surface area contributed by atoms with E-state index in [-0.39, 0.29) is 35.9 Å². The van der Waals surface area contributed by atoms with Gasteiger partial charge in [0.2, 0.25) is 11.8 Å². The van der Waals surface area contributed by atoms with Gasteiger partial charge in [0.1, 0.15) is 5.69 Å². The van der Waals surface area contributed by atoms with Gasteiger partial charge in [0, 0.05) is 30.1 Å². The first-order valence-corrected chi connectivity index (χ1v) is 9.03. The minimum absolute atomic E-state index is 0.0435. The van der Waals surface area contributed by atoms with Crippen molar-refractivity contribution in [2.24, 2.45) is 0 Å². The van der Waals surface area contributed by atoms with Gasteiger partial charge in [-0.15, -0.1) is 0 Å². The van der Waals surface area contributed by atoms with Crippen LogP contribution in [0.5, 0.6) is 11.8 Å². The predicted molar refractivity (Wildman–Crippen MR) is 102 cm³/mol. The van der Waals surface area contributed by atoms with Crippen molar-refractivity contribution in [3.05, 3.63) is 41.9 Å². The van der Waals surface area contributed by atoms with Crippen molar-refractivity contribution in [2.45, 2.75) is 32.6 Å². The molecule has 0 aromatic carbocycles. The van der Waals surface area contributed by atoms with Crippen LogP contribution in [0.4, 0.5) is 13.2 Å². The molecule has 30 heavy (non-hydrogen) atoms. The average molecular weight is 423 g/mol. The number of carbonyl (C=O) groups excluding carboxylic acids is 1. The topological polar surface area (TPSA) is 91.2 Å². The third-order valence-corrected chi connectivity index (χ3v) is 3.94. The van der Waals surface area contributed by atoms with Crippen LogP contribution in [0.3, 0.4) is 0 Å². The molecule has 11 heteroatoms. The number of methoxy groups -OCH3 is 1. The number of amides is 1. The van der Waals surface area contributed by atoms with E-state index in [4.69, 9.17) is 4.74 Å². The molecule has 0 aliphatic heterocycles. The number of halogens is 3. The van der Waals surface area contributed by atoms with E-state index in [2.05, 4.69) is 25.1 Å². The zero-order valence-electron chi connectivity index (χ0n) is 16.5. The van der Waals surface area contributed by atoms with Crippen LogP contribution in [0.15, 0.2) is 30.6 Å². The Hall–Kier alpha value is -3.37. The van der Waals surface area contributed by atoms with E-state index >= 15 is 0 Å². The van der Waals surface area contributed by atoms with Gasteiger partial charge in [-0.05, 0) is 26.0 Å². The molecule has 1 amide bonds. The summed E-state index contributed by atoms with van der Waals surface area (Å²) in [5.41, 5.74) is 1.41. The monoisotopic (exact) mass is 423 g/mol. The Balaban J connectivity index is 1.84. The van der Waals surface area contributed by atoms with Gasteiger partial charge in [-0.1, -0.05) is 0 Å². The molecule has 0 aliphatic rings. The number of aromatic nitrogens is 4. The number of rotatable bonds is 7. The number of ether oxygens (including phenoxy) is 2. The Bertz CT molecular complexity index is 1050. The van der Waals surface area contributed by atoms with Gasteiger partial charge < -0.3 is 14.8 Å². The second-order valence-corrected chi connectivity index (χ2v) is 6.77. The van der Waals surface area contributed by atoms with E-state index in [1.165, 1.54) is 19.4 Å². The molecule has 8 nitrogen and oxygen atoms in total. The summed E-state index contributed by atoms with van der Waals surface area (Å²) >= 11 is 0. The summed E-state index contributed by atoms with van der Waals surface area (Å²) < 4.78 is 48.4. The molecule has 3 aromatic rings. The zero-order valence-corrected chi connectivity index (χ0v) is 16.5. The molecule has 0 fully saturated rings. The third kappa shape index (κ3) is 5.16. The number of pyridine rings is 2. The normalized spacial score (nSPS) is 11.7. The molecule has 0 aliphatic carbocycles. The maximum absolute atomic E-state index is 12.4. The lowest BCUT2D eigenvalue weighted by atomic mass is 10.2. The van der Waals surface area contributed by atoms with Crippen molar-refractivity contribution in [3.63, 3.8) is 0 Å². The lowest BCUT2D eigenvalue weighted by molar-refractivity contribution is -0.154. The number of nitrogens with one attached hydrogen (secondary N) is 1. The number of carbonyl (C=O) groups is 1. The summed E-state index contributed by atoms with van der Waals surface area (Å²) in [6.07, 6.45) is -1.29. The Morgan fingerprint density at radius 1 is 1.27 bits per heavy atom. The maximum atomic E-state index is 12.4. The average Bonchev–Trinajstić information content (AvgIpc) is 3.08. The molecular formula is C19H20F3N5O3. The van der Waals surface area contributed by atoms with Crippen LogP contribution in [0, 0.1) is 0 Å². The van der Waals surface area contributed by atoms with Crippen molar-refractivity contribution < 1.29 is 27.4 Å². The van der Waals surface area contributed by atoms with Crippen molar-refractivity contribution in [1.82, 2.24) is 25.1 Å². The number of alkyl halides is 3. The third-order valence-electron chi connectivity index (χ3n) is 3.94. The van der Waals surface area contributed by atoms with Crippen LogP contribution >= 0.6 is 0 Å². The quantitative estimate of drug-likeness (QED) is 0.628. The number of nitrogens with zero attached hydrogens (tertiary/aromatic N) is 4. The second-order valence-electron chi connectivity index (χ2n) is 6.77. The number of hydrogen-bond acceptors (Lipinski definition) is 6. The van der Waals surface area contributed by atoms with Crippen LogP contribution in [0.1, 0.15) is 29.9 Å². The Labute approximate surface area is 170 Å². The fraction of sp³-hybridized carbons (Fsp3) is 0.368. The molecule has 0 unspecified atom stereocenters. The van der Waals surface area contributed by atoms with E-state index in [0.29, 0.717) is 16.5 Å². The van der Waals surface area contributed by atoms with Crippen LogP contribution in [0.25, 0.3) is 10.9 Å². The van der Waals surface area contributed by atoms with Crippen molar-refractivity contribution in [2.75, 3.05) is 13.7 Å². The van der Waals surface area contributed by atoms with Crippen molar-refractivity contribution in [1.29, 1.82) is 0 Å². The Morgan fingerprint density at radius 2 is 2.03 bits per heavy atom. The molecule has 3 heterocycles. The molecule has 0 bridgehead atoms. The molecule has 3 aromatic heterocycles. The first-order valence-electron chi connectivity index (χ1n) is 9.03. The van der Waals surface area contributed by atoms with Gasteiger partial charge in [-0.25, -0.2) is 0 Å². The SMILES string of the molecule is COc1nc(OCC(F)(F)F)ccc1Cn1cc2c(C(=O)NC(C)C)nccc2n1. The summed E-state index contributed by atoms with van der Waals surface area (Å²) in [4.78, 5) is 20.5. The van der Waals surface area contributed by atoms with Gasteiger partial charge in [0.15, 0.2) is 6.61 Å². The molecule has 0 saturated heterocycles. The van der Waals surface area contributed by atoms with E-state index < -0.39 is 12.8 Å². The Kier molecular flexibility index (Phi) is 6.09. The number of hydrogen-bond donors (Lipinski definition) is 1. The van der Waals surface area contributed by atoms with E-state index in [9.17, 15) is 18.0 Å². The largest absolute Gasteiger partial charge is 0.481 e. The lowest BCUT2D eigenvalue weighted by Crippen LogP contribution is -2.30. The number of fused-ring (bicyclic) bond motifs is 1. The highest BCUT2D eigenvalue weighted by molar-refractivity contribution is 6.04. The minimum Gasteiger partial charge on any atom is -0.481 e. The van der Waals surface area contributed by atoms with Crippen LogP contribution in [-0.4, -0.2) is 51.6 Å². The van der Waals surface area contributed by atoms with Crippen LogP contribution in [-0.2, 0) is 6.54 Å². The summed E-state index contributed by atoms with van der Waals surface area (Å²) in [6.45, 7) is 2.47. The molecule has 1 N–H and O–H groups in total. The van der Waals surface area contributed by atoms with E-state index in [1.54, 1.807) is 23.0 Å². The molecular weight excluding hydrogens is 403 g/mol. The van der Waals surface area contributed by atoms with Crippen molar-refractivity contribution >= 4 is 16.8 Å². The summed E-state index contributed by atoms with van der Waals surface area (Å²) in [5, 5.41) is 7.80. The highest BCUT2D eigenvalue weighted by atomic mass is 19.4. The highest BCUT2D eigenvalue weighted by Crippen LogP contribution is 2.24. The van der Waals surface area contributed by atoms with Gasteiger partial charge >= 0.3 is 6.18 Å². The minimum atomic E-state index is -4.46. The summed E-state index contributed by atoms with van der Waals surface area (Å²) in [6, 6.07) is 4.52. The molecule has 160 valence electrons. The predicted octanol–water partition coefficient (Wildman–Crippen LogP) is 2.96. The molecule has 3 rings (SSSR count). The fourth-order valence-corrected chi connectivity index (χ4v) is 2.75. The van der Waals surface area contributed by atoms with Gasteiger partial charge in [0.25, 0.3) is 5.91 Å². The highest BCUT2D eigenvalue weighted by Gasteiger charge is 2.28. The zero-order chi connectivity index (χ0) is 21.9. The first kappa shape index (κ1) is 21.3.